The summed E-state index contributed by atoms with van der Waals surface area (Å²) in [6.45, 7) is 0. The van der Waals surface area contributed by atoms with Crippen LogP contribution in [0.15, 0.2) is 36.4 Å². The van der Waals surface area contributed by atoms with E-state index in [0.717, 1.165) is 5.39 Å². The molecular formula is C17H16ClN3O3. The largest absolute Gasteiger partial charge is 0.495 e. The number of methoxy groups -OCH3 is 2. The lowest BCUT2D eigenvalue weighted by Gasteiger charge is -2.08. The molecule has 6 nitrogen and oxygen atoms in total. The van der Waals surface area contributed by atoms with Gasteiger partial charge in [-0.3, -0.25) is 4.79 Å². The second-order valence-corrected chi connectivity index (χ2v) is 5.58. The second-order valence-electron chi connectivity index (χ2n) is 5.17. The Balaban J connectivity index is 1.87. The predicted molar refractivity (Wildman–Crippen MR) is 93.2 cm³/mol. The predicted octanol–water partition coefficient (Wildman–Crippen LogP) is 3.50. The van der Waals surface area contributed by atoms with E-state index in [1.807, 2.05) is 6.07 Å². The molecule has 0 fully saturated rings. The molecular weight excluding hydrogens is 330 g/mol. The number of hydrogen-bond donors (Lipinski definition) is 1. The van der Waals surface area contributed by atoms with Crippen molar-refractivity contribution in [2.45, 2.75) is 0 Å². The number of carbonyl (C=O) groups is 1. The maximum absolute atomic E-state index is 12.4. The Labute approximate surface area is 143 Å². The summed E-state index contributed by atoms with van der Waals surface area (Å²) in [5, 5.41) is 8.43. The van der Waals surface area contributed by atoms with E-state index < -0.39 is 0 Å². The lowest BCUT2D eigenvalue weighted by molar-refractivity contribution is 0.102. The first kappa shape index (κ1) is 16.1. The Bertz CT molecular complexity index is 921. The van der Waals surface area contributed by atoms with Crippen molar-refractivity contribution < 1.29 is 14.3 Å². The van der Waals surface area contributed by atoms with Gasteiger partial charge in [0, 0.05) is 18.3 Å². The number of nitrogens with zero attached hydrogens (tertiary/aromatic N) is 2. The number of ether oxygens (including phenoxy) is 2. The summed E-state index contributed by atoms with van der Waals surface area (Å²) in [5.41, 5.74) is 1.77. The van der Waals surface area contributed by atoms with Gasteiger partial charge < -0.3 is 14.8 Å². The van der Waals surface area contributed by atoms with Crippen LogP contribution in [0.25, 0.3) is 10.9 Å². The van der Waals surface area contributed by atoms with Crippen LogP contribution >= 0.6 is 11.6 Å². The number of rotatable bonds is 4. The van der Waals surface area contributed by atoms with Crippen LogP contribution in [-0.4, -0.2) is 29.9 Å². The van der Waals surface area contributed by atoms with E-state index in [1.54, 1.807) is 49.2 Å². The number of halogens is 1. The first-order chi connectivity index (χ1) is 11.5. The van der Waals surface area contributed by atoms with Gasteiger partial charge in [0.15, 0.2) is 0 Å². The van der Waals surface area contributed by atoms with Crippen molar-refractivity contribution in [1.29, 1.82) is 0 Å². The Hall–Kier alpha value is -2.73. The van der Waals surface area contributed by atoms with Crippen LogP contribution in [0.5, 0.6) is 11.6 Å². The van der Waals surface area contributed by atoms with Crippen LogP contribution in [0.3, 0.4) is 0 Å². The van der Waals surface area contributed by atoms with E-state index in [-0.39, 0.29) is 5.91 Å². The van der Waals surface area contributed by atoms with Crippen LogP contribution in [0.2, 0.25) is 5.02 Å². The van der Waals surface area contributed by atoms with Gasteiger partial charge in [-0.2, -0.15) is 5.10 Å². The third-order valence-corrected chi connectivity index (χ3v) is 3.94. The zero-order valence-corrected chi connectivity index (χ0v) is 14.2. The van der Waals surface area contributed by atoms with Crippen LogP contribution in [-0.2, 0) is 7.05 Å². The smallest absolute Gasteiger partial charge is 0.255 e. The zero-order valence-electron chi connectivity index (χ0n) is 13.5. The molecule has 1 heterocycles. The minimum atomic E-state index is -0.247. The van der Waals surface area contributed by atoms with E-state index in [0.29, 0.717) is 33.4 Å². The fourth-order valence-electron chi connectivity index (χ4n) is 2.51. The summed E-state index contributed by atoms with van der Waals surface area (Å²) in [6.07, 6.45) is 0. The molecule has 0 aliphatic carbocycles. The minimum absolute atomic E-state index is 0.247. The monoisotopic (exact) mass is 345 g/mol. The molecule has 2 aromatic carbocycles. The van der Waals surface area contributed by atoms with Gasteiger partial charge in [-0.25, -0.2) is 4.68 Å². The highest BCUT2D eigenvalue weighted by molar-refractivity contribution is 6.32. The number of nitrogens with one attached hydrogen (secondary N) is 1. The van der Waals surface area contributed by atoms with Crippen LogP contribution in [0, 0.1) is 0 Å². The molecule has 1 aromatic heterocycles. The molecule has 1 N–H and O–H groups in total. The van der Waals surface area contributed by atoms with E-state index in [1.165, 1.54) is 7.11 Å². The maximum atomic E-state index is 12.4. The van der Waals surface area contributed by atoms with E-state index in [2.05, 4.69) is 10.4 Å². The van der Waals surface area contributed by atoms with Gasteiger partial charge >= 0.3 is 0 Å². The van der Waals surface area contributed by atoms with Crippen molar-refractivity contribution in [3.63, 3.8) is 0 Å². The summed E-state index contributed by atoms with van der Waals surface area (Å²) < 4.78 is 12.0. The van der Waals surface area contributed by atoms with Gasteiger partial charge in [-0.1, -0.05) is 11.6 Å². The van der Waals surface area contributed by atoms with Crippen LogP contribution in [0.4, 0.5) is 5.69 Å². The number of hydrogen-bond acceptors (Lipinski definition) is 4. The number of aromatic nitrogens is 2. The lowest BCUT2D eigenvalue weighted by Crippen LogP contribution is -2.11. The molecule has 3 aromatic rings. The minimum Gasteiger partial charge on any atom is -0.495 e. The van der Waals surface area contributed by atoms with Gasteiger partial charge in [0.25, 0.3) is 5.91 Å². The normalized spacial score (nSPS) is 10.7. The summed E-state index contributed by atoms with van der Waals surface area (Å²) in [7, 11) is 4.91. The molecule has 0 saturated carbocycles. The Kier molecular flexibility index (Phi) is 4.31. The SMILES string of the molecule is COc1ccc(NC(=O)c2ccc3c(OC)n(C)nc3c2)cc1Cl. The van der Waals surface area contributed by atoms with Crippen molar-refractivity contribution in [3.05, 3.63) is 47.0 Å². The number of anilines is 1. The van der Waals surface area contributed by atoms with E-state index >= 15 is 0 Å². The molecule has 0 spiro atoms. The summed E-state index contributed by atoms with van der Waals surface area (Å²) in [6, 6.07) is 10.3. The lowest BCUT2D eigenvalue weighted by atomic mass is 10.1. The van der Waals surface area contributed by atoms with Gasteiger partial charge in [0.2, 0.25) is 5.88 Å². The molecule has 0 bridgehead atoms. The molecule has 0 radical (unpaired) electrons. The summed E-state index contributed by atoms with van der Waals surface area (Å²) in [5.74, 6) is 0.957. The highest BCUT2D eigenvalue weighted by Gasteiger charge is 2.13. The number of amides is 1. The second kappa shape index (κ2) is 6.41. The number of benzene rings is 2. The number of fused-ring (bicyclic) bond motifs is 1. The van der Waals surface area contributed by atoms with Crippen molar-refractivity contribution in [2.24, 2.45) is 7.05 Å². The highest BCUT2D eigenvalue weighted by atomic mass is 35.5. The molecule has 0 aliphatic rings. The molecule has 3 rings (SSSR count). The van der Waals surface area contributed by atoms with E-state index in [4.69, 9.17) is 21.1 Å². The first-order valence-corrected chi connectivity index (χ1v) is 7.57. The third kappa shape index (κ3) is 2.88. The number of carbonyl (C=O) groups excluding carboxylic acids is 1. The fraction of sp³-hybridized carbons (Fsp3) is 0.176. The standard InChI is InChI=1S/C17H16ClN3O3/c1-21-17(24-3)12-6-4-10(8-14(12)20-21)16(22)19-11-5-7-15(23-2)13(18)9-11/h4-9H,1-3H3,(H,19,22). The molecule has 0 aliphatic heterocycles. The van der Waals surface area contributed by atoms with Crippen molar-refractivity contribution >= 4 is 34.1 Å². The molecule has 1 amide bonds. The Morgan fingerprint density at radius 1 is 1.17 bits per heavy atom. The number of aryl methyl sites for hydroxylation is 1. The average molecular weight is 346 g/mol. The molecule has 24 heavy (non-hydrogen) atoms. The quantitative estimate of drug-likeness (QED) is 0.786. The van der Waals surface area contributed by atoms with E-state index in [9.17, 15) is 4.79 Å². The Morgan fingerprint density at radius 2 is 1.96 bits per heavy atom. The van der Waals surface area contributed by atoms with Crippen molar-refractivity contribution in [2.75, 3.05) is 19.5 Å². The van der Waals surface area contributed by atoms with Gasteiger partial charge in [-0.15, -0.1) is 0 Å². The molecule has 0 saturated heterocycles. The van der Waals surface area contributed by atoms with Gasteiger partial charge in [0.05, 0.1) is 30.1 Å². The first-order valence-electron chi connectivity index (χ1n) is 7.19. The zero-order chi connectivity index (χ0) is 17.3. The van der Waals surface area contributed by atoms with Crippen LogP contribution in [0.1, 0.15) is 10.4 Å². The van der Waals surface area contributed by atoms with Gasteiger partial charge in [-0.05, 0) is 36.4 Å². The fourth-order valence-corrected chi connectivity index (χ4v) is 2.76. The molecule has 124 valence electrons. The van der Waals surface area contributed by atoms with Gasteiger partial charge in [0.1, 0.15) is 5.75 Å². The molecule has 7 heteroatoms. The molecule has 0 atom stereocenters. The topological polar surface area (TPSA) is 65.4 Å². The van der Waals surface area contributed by atoms with Crippen molar-refractivity contribution in [1.82, 2.24) is 9.78 Å². The van der Waals surface area contributed by atoms with Crippen LogP contribution < -0.4 is 14.8 Å². The Morgan fingerprint density at radius 3 is 2.62 bits per heavy atom. The van der Waals surface area contributed by atoms with Crippen molar-refractivity contribution in [3.8, 4) is 11.6 Å². The maximum Gasteiger partial charge on any atom is 0.255 e. The summed E-state index contributed by atoms with van der Waals surface area (Å²) >= 11 is 6.07. The molecule has 0 unspecified atom stereocenters. The third-order valence-electron chi connectivity index (χ3n) is 3.64. The summed E-state index contributed by atoms with van der Waals surface area (Å²) in [4.78, 5) is 12.4. The highest BCUT2D eigenvalue weighted by Crippen LogP contribution is 2.28. The average Bonchev–Trinajstić information content (AvgIpc) is 2.89.